The van der Waals surface area contributed by atoms with Crippen molar-refractivity contribution in [2.24, 2.45) is 5.41 Å². The number of sulfonamides is 1. The standard InChI is InChI=1S/C14H21ClN2O2S/c1-14(2)8-4-3-5-13(14)17-20(18,19)12-7-6-10(16)9-11(12)15/h6-7,9,13,17H,3-5,8,16H2,1-2H3. The maximum atomic E-state index is 12.5. The lowest BCUT2D eigenvalue weighted by atomic mass is 9.74. The number of hydrogen-bond donors (Lipinski definition) is 2. The lowest BCUT2D eigenvalue weighted by molar-refractivity contribution is 0.188. The van der Waals surface area contributed by atoms with E-state index >= 15 is 0 Å². The first-order valence-corrected chi connectivity index (χ1v) is 8.66. The maximum absolute atomic E-state index is 12.5. The van der Waals surface area contributed by atoms with Crippen LogP contribution in [0.25, 0.3) is 0 Å². The van der Waals surface area contributed by atoms with E-state index in [1.165, 1.54) is 12.1 Å². The number of hydrogen-bond acceptors (Lipinski definition) is 3. The van der Waals surface area contributed by atoms with Crippen molar-refractivity contribution in [3.8, 4) is 0 Å². The third kappa shape index (κ3) is 3.27. The Balaban J connectivity index is 2.27. The molecule has 0 aliphatic heterocycles. The Kier molecular flexibility index (Phi) is 4.33. The van der Waals surface area contributed by atoms with Gasteiger partial charge in [-0.25, -0.2) is 13.1 Å². The van der Waals surface area contributed by atoms with Gasteiger partial charge >= 0.3 is 0 Å². The van der Waals surface area contributed by atoms with Crippen LogP contribution in [0.15, 0.2) is 23.1 Å². The molecule has 1 aliphatic rings. The van der Waals surface area contributed by atoms with E-state index in [0.717, 1.165) is 25.7 Å². The lowest BCUT2D eigenvalue weighted by Crippen LogP contribution is -2.46. The second-order valence-electron chi connectivity index (χ2n) is 6.10. The molecule has 1 saturated carbocycles. The Morgan fingerprint density at radius 2 is 2.05 bits per heavy atom. The van der Waals surface area contributed by atoms with Crippen LogP contribution in [0.1, 0.15) is 39.5 Å². The highest BCUT2D eigenvalue weighted by atomic mass is 35.5. The third-order valence-electron chi connectivity index (χ3n) is 4.05. The van der Waals surface area contributed by atoms with E-state index in [0.29, 0.717) is 5.69 Å². The van der Waals surface area contributed by atoms with Gasteiger partial charge in [0.25, 0.3) is 0 Å². The molecule has 0 amide bonds. The smallest absolute Gasteiger partial charge is 0.242 e. The van der Waals surface area contributed by atoms with Crippen molar-refractivity contribution < 1.29 is 8.42 Å². The minimum absolute atomic E-state index is 0.0361. The van der Waals surface area contributed by atoms with Crippen LogP contribution in [-0.4, -0.2) is 14.5 Å². The molecule has 4 nitrogen and oxygen atoms in total. The van der Waals surface area contributed by atoms with Gasteiger partial charge in [-0.3, -0.25) is 0 Å². The lowest BCUT2D eigenvalue weighted by Gasteiger charge is -2.38. The zero-order valence-corrected chi connectivity index (χ0v) is 13.4. The van der Waals surface area contributed by atoms with E-state index in [1.54, 1.807) is 6.07 Å². The highest BCUT2D eigenvalue weighted by molar-refractivity contribution is 7.89. The van der Waals surface area contributed by atoms with Crippen LogP contribution in [0.3, 0.4) is 0 Å². The normalized spacial score (nSPS) is 22.6. The first-order chi connectivity index (χ1) is 9.22. The predicted octanol–water partition coefficient (Wildman–Crippen LogP) is 3.17. The van der Waals surface area contributed by atoms with Gasteiger partial charge in [-0.15, -0.1) is 0 Å². The topological polar surface area (TPSA) is 72.2 Å². The number of halogens is 1. The molecule has 1 aliphatic carbocycles. The molecule has 0 saturated heterocycles. The van der Waals surface area contributed by atoms with Crippen LogP contribution in [0.5, 0.6) is 0 Å². The van der Waals surface area contributed by atoms with Crippen LogP contribution in [0.2, 0.25) is 5.02 Å². The number of nitrogens with one attached hydrogen (secondary N) is 1. The Morgan fingerprint density at radius 1 is 1.35 bits per heavy atom. The van der Waals surface area contributed by atoms with Crippen molar-refractivity contribution >= 4 is 27.3 Å². The van der Waals surface area contributed by atoms with E-state index in [-0.39, 0.29) is 21.4 Å². The summed E-state index contributed by atoms with van der Waals surface area (Å²) in [7, 11) is -3.62. The molecule has 1 atom stereocenters. The van der Waals surface area contributed by atoms with Gasteiger partial charge in [-0.1, -0.05) is 38.3 Å². The van der Waals surface area contributed by atoms with Gasteiger partial charge in [0, 0.05) is 11.7 Å². The van der Waals surface area contributed by atoms with Crippen LogP contribution >= 0.6 is 11.6 Å². The van der Waals surface area contributed by atoms with E-state index in [9.17, 15) is 8.42 Å². The zero-order valence-electron chi connectivity index (χ0n) is 11.8. The molecule has 6 heteroatoms. The third-order valence-corrected chi connectivity index (χ3v) is 6.00. The summed E-state index contributed by atoms with van der Waals surface area (Å²) in [6, 6.07) is 4.40. The molecular formula is C14H21ClN2O2S. The van der Waals surface area contributed by atoms with Gasteiger partial charge in [0.15, 0.2) is 0 Å². The van der Waals surface area contributed by atoms with E-state index in [2.05, 4.69) is 18.6 Å². The predicted molar refractivity (Wildman–Crippen MR) is 82.2 cm³/mol. The van der Waals surface area contributed by atoms with Crippen molar-refractivity contribution in [2.75, 3.05) is 5.73 Å². The molecule has 0 heterocycles. The quantitative estimate of drug-likeness (QED) is 0.841. The van der Waals surface area contributed by atoms with Gasteiger partial charge in [0.1, 0.15) is 4.90 Å². The Morgan fingerprint density at radius 3 is 2.65 bits per heavy atom. The molecule has 1 fully saturated rings. The molecule has 1 unspecified atom stereocenters. The molecule has 0 bridgehead atoms. The van der Waals surface area contributed by atoms with E-state index in [4.69, 9.17) is 17.3 Å². The molecule has 2 rings (SSSR count). The molecular weight excluding hydrogens is 296 g/mol. The highest BCUT2D eigenvalue weighted by Gasteiger charge is 2.35. The summed E-state index contributed by atoms with van der Waals surface area (Å²) in [5, 5.41) is 0.158. The fraction of sp³-hybridized carbons (Fsp3) is 0.571. The van der Waals surface area contributed by atoms with Crippen molar-refractivity contribution in [2.45, 2.75) is 50.5 Å². The largest absolute Gasteiger partial charge is 0.399 e. The molecule has 0 aromatic heterocycles. The minimum atomic E-state index is -3.62. The zero-order chi connectivity index (χ0) is 15.0. The number of nitrogens with two attached hydrogens (primary N) is 1. The summed E-state index contributed by atoms with van der Waals surface area (Å²) in [5.74, 6) is 0. The van der Waals surface area contributed by atoms with Gasteiger partial charge < -0.3 is 5.73 Å². The number of rotatable bonds is 3. The molecule has 1 aromatic carbocycles. The molecule has 112 valence electrons. The molecule has 0 radical (unpaired) electrons. The van der Waals surface area contributed by atoms with Crippen LogP contribution < -0.4 is 10.5 Å². The summed E-state index contributed by atoms with van der Waals surface area (Å²) in [6.07, 6.45) is 4.08. The first-order valence-electron chi connectivity index (χ1n) is 6.80. The average Bonchev–Trinajstić information content (AvgIpc) is 2.31. The van der Waals surface area contributed by atoms with Crippen LogP contribution in [-0.2, 0) is 10.0 Å². The molecule has 20 heavy (non-hydrogen) atoms. The maximum Gasteiger partial charge on any atom is 0.242 e. The van der Waals surface area contributed by atoms with Gasteiger partial charge in [-0.05, 0) is 36.5 Å². The summed E-state index contributed by atoms with van der Waals surface area (Å²) in [4.78, 5) is 0.0924. The van der Waals surface area contributed by atoms with Crippen molar-refractivity contribution in [1.82, 2.24) is 4.72 Å². The molecule has 0 spiro atoms. The SMILES string of the molecule is CC1(C)CCCCC1NS(=O)(=O)c1ccc(N)cc1Cl. The summed E-state index contributed by atoms with van der Waals surface area (Å²) < 4.78 is 27.8. The van der Waals surface area contributed by atoms with Crippen molar-refractivity contribution in [3.63, 3.8) is 0 Å². The van der Waals surface area contributed by atoms with Crippen LogP contribution in [0.4, 0.5) is 5.69 Å². The monoisotopic (exact) mass is 316 g/mol. The van der Waals surface area contributed by atoms with Gasteiger partial charge in [0.2, 0.25) is 10.0 Å². The van der Waals surface area contributed by atoms with Crippen LogP contribution in [0, 0.1) is 5.41 Å². The second-order valence-corrected chi connectivity index (χ2v) is 8.19. The molecule has 3 N–H and O–H groups in total. The summed E-state index contributed by atoms with van der Waals surface area (Å²) >= 11 is 6.00. The fourth-order valence-corrected chi connectivity index (χ4v) is 4.69. The van der Waals surface area contributed by atoms with Gasteiger partial charge in [0.05, 0.1) is 5.02 Å². The summed E-state index contributed by atoms with van der Waals surface area (Å²) in [6.45, 7) is 4.20. The van der Waals surface area contributed by atoms with E-state index in [1.807, 2.05) is 0 Å². The minimum Gasteiger partial charge on any atom is -0.399 e. The van der Waals surface area contributed by atoms with Crippen molar-refractivity contribution in [1.29, 1.82) is 0 Å². The number of benzene rings is 1. The Hall–Kier alpha value is -0.780. The highest BCUT2D eigenvalue weighted by Crippen LogP contribution is 2.36. The Labute approximate surface area is 125 Å². The first kappa shape index (κ1) is 15.6. The average molecular weight is 317 g/mol. The molecule has 1 aromatic rings. The van der Waals surface area contributed by atoms with Gasteiger partial charge in [-0.2, -0.15) is 0 Å². The Bertz CT molecular complexity index is 599. The summed E-state index contributed by atoms with van der Waals surface area (Å²) in [5.41, 5.74) is 6.01. The number of nitrogen functional groups attached to an aromatic ring is 1. The number of anilines is 1. The fourth-order valence-electron chi connectivity index (χ4n) is 2.70. The van der Waals surface area contributed by atoms with E-state index < -0.39 is 10.0 Å². The van der Waals surface area contributed by atoms with Crippen molar-refractivity contribution in [3.05, 3.63) is 23.2 Å². The second kappa shape index (κ2) is 5.54.